The third kappa shape index (κ3) is 4.74. The maximum absolute atomic E-state index is 5.65. The molecule has 1 fully saturated rings. The molecule has 0 unspecified atom stereocenters. The van der Waals surface area contributed by atoms with Gasteiger partial charge in [0.15, 0.2) is 5.11 Å². The number of rotatable bonds is 7. The number of nitrogens with one attached hydrogen (secondary N) is 2. The molecule has 2 N–H and O–H groups in total. The van der Waals surface area contributed by atoms with Crippen molar-refractivity contribution in [1.82, 2.24) is 25.1 Å². The van der Waals surface area contributed by atoms with Crippen LogP contribution in [0.25, 0.3) is 11.0 Å². The summed E-state index contributed by atoms with van der Waals surface area (Å²) in [6.07, 6.45) is 3.45. The van der Waals surface area contributed by atoms with E-state index in [2.05, 4.69) is 52.1 Å². The lowest BCUT2D eigenvalue weighted by Gasteiger charge is -2.34. The molecular weight excluding hydrogens is 342 g/mol. The number of nitrogens with zero attached hydrogens (tertiary/aromatic N) is 3. The summed E-state index contributed by atoms with van der Waals surface area (Å²) >= 11 is 5.65. The normalized spacial score (nSPS) is 17.8. The van der Waals surface area contributed by atoms with Crippen molar-refractivity contribution in [3.63, 3.8) is 0 Å². The minimum atomic E-state index is 0.423. The number of fused-ring (bicyclic) bond motifs is 1. The molecule has 0 saturated carbocycles. The van der Waals surface area contributed by atoms with Crippen LogP contribution in [0, 0.1) is 0 Å². The van der Waals surface area contributed by atoms with Crippen LogP contribution >= 0.6 is 12.2 Å². The van der Waals surface area contributed by atoms with Gasteiger partial charge in [0.25, 0.3) is 0 Å². The number of benzene rings is 1. The Bertz CT molecular complexity index is 676. The second kappa shape index (κ2) is 9.33. The average molecular weight is 374 g/mol. The summed E-state index contributed by atoms with van der Waals surface area (Å²) in [5.41, 5.74) is 2.17. The standard InChI is InChI=1S/C20H31N5S/c1-3-24(4-2)13-8-12-21-20(26)25-14-7-9-16(15-25)19-22-17-10-5-6-11-18(17)23-19/h5-6,10-11,16H,3-4,7-9,12-15H2,1-2H3,(H,21,26)(H,22,23)/t16-/m1/s1. The molecule has 1 saturated heterocycles. The first-order valence-corrected chi connectivity index (χ1v) is 10.3. The van der Waals surface area contributed by atoms with Crippen molar-refractivity contribution in [3.05, 3.63) is 30.1 Å². The van der Waals surface area contributed by atoms with Gasteiger partial charge in [-0.3, -0.25) is 0 Å². The predicted molar refractivity (Wildman–Crippen MR) is 113 cm³/mol. The van der Waals surface area contributed by atoms with Gasteiger partial charge < -0.3 is 20.1 Å². The highest BCUT2D eigenvalue weighted by molar-refractivity contribution is 7.80. The highest BCUT2D eigenvalue weighted by Crippen LogP contribution is 2.26. The maximum Gasteiger partial charge on any atom is 0.168 e. The molecule has 0 amide bonds. The summed E-state index contributed by atoms with van der Waals surface area (Å²) in [4.78, 5) is 13.0. The second-order valence-electron chi connectivity index (χ2n) is 7.04. The number of hydrogen-bond donors (Lipinski definition) is 2. The van der Waals surface area contributed by atoms with E-state index in [-0.39, 0.29) is 0 Å². The number of imidazole rings is 1. The molecule has 2 heterocycles. The van der Waals surface area contributed by atoms with Crippen molar-refractivity contribution in [2.24, 2.45) is 0 Å². The number of aromatic nitrogens is 2. The van der Waals surface area contributed by atoms with Gasteiger partial charge in [-0.05, 0) is 63.2 Å². The molecule has 5 nitrogen and oxygen atoms in total. The van der Waals surface area contributed by atoms with Crippen molar-refractivity contribution in [3.8, 4) is 0 Å². The van der Waals surface area contributed by atoms with Crippen LogP contribution in [-0.4, -0.2) is 64.1 Å². The van der Waals surface area contributed by atoms with Gasteiger partial charge in [0.05, 0.1) is 11.0 Å². The van der Waals surface area contributed by atoms with E-state index in [0.29, 0.717) is 5.92 Å². The predicted octanol–water partition coefficient (Wildman–Crippen LogP) is 3.35. The molecule has 0 aliphatic carbocycles. The number of piperidine rings is 1. The molecule has 3 rings (SSSR count). The Morgan fingerprint density at radius 2 is 2.15 bits per heavy atom. The number of H-pyrrole nitrogens is 1. The first-order chi connectivity index (χ1) is 12.7. The van der Waals surface area contributed by atoms with Gasteiger partial charge in [-0.1, -0.05) is 26.0 Å². The number of aromatic amines is 1. The molecule has 0 bridgehead atoms. The number of para-hydroxylation sites is 2. The monoisotopic (exact) mass is 373 g/mol. The van der Waals surface area contributed by atoms with Crippen molar-refractivity contribution < 1.29 is 0 Å². The molecule has 26 heavy (non-hydrogen) atoms. The Morgan fingerprint density at radius 3 is 2.92 bits per heavy atom. The van der Waals surface area contributed by atoms with Crippen molar-refractivity contribution in [2.75, 3.05) is 39.3 Å². The highest BCUT2D eigenvalue weighted by atomic mass is 32.1. The first-order valence-electron chi connectivity index (χ1n) is 9.91. The molecule has 1 aliphatic heterocycles. The largest absolute Gasteiger partial charge is 0.363 e. The zero-order chi connectivity index (χ0) is 18.4. The molecule has 1 aromatic carbocycles. The van der Waals surface area contributed by atoms with Crippen LogP contribution in [0.1, 0.15) is 44.9 Å². The zero-order valence-corrected chi connectivity index (χ0v) is 16.8. The second-order valence-corrected chi connectivity index (χ2v) is 7.42. The van der Waals surface area contributed by atoms with Gasteiger partial charge >= 0.3 is 0 Å². The maximum atomic E-state index is 5.65. The van der Waals surface area contributed by atoms with Crippen LogP contribution in [0.4, 0.5) is 0 Å². The van der Waals surface area contributed by atoms with Crippen LogP contribution < -0.4 is 5.32 Å². The minimum Gasteiger partial charge on any atom is -0.363 e. The molecule has 2 aromatic rings. The lowest BCUT2D eigenvalue weighted by Crippen LogP contribution is -2.45. The Balaban J connectivity index is 1.50. The summed E-state index contributed by atoms with van der Waals surface area (Å²) in [5.74, 6) is 1.52. The van der Waals surface area contributed by atoms with E-state index in [0.717, 1.165) is 74.1 Å². The van der Waals surface area contributed by atoms with E-state index in [1.54, 1.807) is 0 Å². The van der Waals surface area contributed by atoms with Gasteiger partial charge in [-0.2, -0.15) is 0 Å². The number of thiocarbonyl (C=S) groups is 1. The van der Waals surface area contributed by atoms with E-state index in [9.17, 15) is 0 Å². The highest BCUT2D eigenvalue weighted by Gasteiger charge is 2.25. The van der Waals surface area contributed by atoms with Crippen molar-refractivity contribution in [1.29, 1.82) is 0 Å². The molecule has 6 heteroatoms. The van der Waals surface area contributed by atoms with Gasteiger partial charge in [-0.25, -0.2) is 4.98 Å². The Hall–Kier alpha value is -1.66. The van der Waals surface area contributed by atoms with Crippen molar-refractivity contribution >= 4 is 28.4 Å². The quantitative estimate of drug-likeness (QED) is 0.576. The third-order valence-electron chi connectivity index (χ3n) is 5.32. The summed E-state index contributed by atoms with van der Waals surface area (Å²) < 4.78 is 0. The van der Waals surface area contributed by atoms with Crippen molar-refractivity contribution in [2.45, 2.75) is 39.0 Å². The molecule has 142 valence electrons. The molecular formula is C20H31N5S. The topological polar surface area (TPSA) is 47.2 Å². The number of likely N-dealkylation sites (tertiary alicyclic amines) is 1. The molecule has 0 spiro atoms. The van der Waals surface area contributed by atoms with E-state index < -0.39 is 0 Å². The summed E-state index contributed by atoms with van der Waals surface area (Å²) in [7, 11) is 0. The summed E-state index contributed by atoms with van der Waals surface area (Å²) in [5, 5.41) is 4.35. The Kier molecular flexibility index (Phi) is 6.86. The van der Waals surface area contributed by atoms with E-state index >= 15 is 0 Å². The van der Waals surface area contributed by atoms with Crippen LogP contribution in [-0.2, 0) is 0 Å². The third-order valence-corrected chi connectivity index (χ3v) is 5.73. The molecule has 1 atom stereocenters. The van der Waals surface area contributed by atoms with Gasteiger partial charge in [0.2, 0.25) is 0 Å². The fourth-order valence-electron chi connectivity index (χ4n) is 3.70. The molecule has 1 aliphatic rings. The summed E-state index contributed by atoms with van der Waals surface area (Å²) in [6.45, 7) is 10.7. The first kappa shape index (κ1) is 19.1. The smallest absolute Gasteiger partial charge is 0.168 e. The molecule has 1 aromatic heterocycles. The number of hydrogen-bond acceptors (Lipinski definition) is 3. The SMILES string of the molecule is CCN(CC)CCCNC(=S)N1CCC[C@@H](c2nc3ccccc3[nH]2)C1. The minimum absolute atomic E-state index is 0.423. The summed E-state index contributed by atoms with van der Waals surface area (Å²) in [6, 6.07) is 8.25. The average Bonchev–Trinajstić information content (AvgIpc) is 3.12. The van der Waals surface area contributed by atoms with Crippen LogP contribution in [0.2, 0.25) is 0 Å². The Morgan fingerprint density at radius 1 is 1.35 bits per heavy atom. The molecule has 0 radical (unpaired) electrons. The lowest BCUT2D eigenvalue weighted by atomic mass is 9.98. The zero-order valence-electron chi connectivity index (χ0n) is 16.0. The fourth-order valence-corrected chi connectivity index (χ4v) is 3.97. The van der Waals surface area contributed by atoms with Gasteiger partial charge in [0.1, 0.15) is 5.82 Å². The Labute approximate surface area is 162 Å². The van der Waals surface area contributed by atoms with Crippen LogP contribution in [0.5, 0.6) is 0 Å². The van der Waals surface area contributed by atoms with E-state index in [1.807, 2.05) is 6.07 Å². The van der Waals surface area contributed by atoms with Crippen LogP contribution in [0.3, 0.4) is 0 Å². The van der Waals surface area contributed by atoms with Gasteiger partial charge in [0, 0.05) is 25.6 Å². The van der Waals surface area contributed by atoms with Crippen LogP contribution in [0.15, 0.2) is 24.3 Å². The van der Waals surface area contributed by atoms with E-state index in [4.69, 9.17) is 17.2 Å². The van der Waals surface area contributed by atoms with E-state index in [1.165, 1.54) is 6.42 Å². The van der Waals surface area contributed by atoms with Gasteiger partial charge in [-0.15, -0.1) is 0 Å². The lowest BCUT2D eigenvalue weighted by molar-refractivity contribution is 0.291. The fraction of sp³-hybridized carbons (Fsp3) is 0.600.